The molecule has 6 heteroatoms. The van der Waals surface area contributed by atoms with E-state index in [1.54, 1.807) is 11.0 Å². The number of carbonyl (C=O) groups excluding carboxylic acids is 1. The topological polar surface area (TPSA) is 60.9 Å². The smallest absolute Gasteiger partial charge is 0.407 e. The maximum atomic E-state index is 11.7. The monoisotopic (exact) mass is 350 g/mol. The molecule has 1 N–H and O–H groups in total. The number of fused-ring (bicyclic) bond motifs is 2. The molecule has 2 aliphatic heterocycles. The minimum atomic E-state index is -0.850. The molecular formula is C18H23ClN2O3. The minimum absolute atomic E-state index is 0.0577. The molecule has 130 valence electrons. The van der Waals surface area contributed by atoms with Crippen molar-refractivity contribution in [1.29, 1.82) is 0 Å². The fraction of sp³-hybridized carbons (Fsp3) is 0.556. The van der Waals surface area contributed by atoms with Gasteiger partial charge < -0.3 is 10.0 Å². The van der Waals surface area contributed by atoms with Crippen LogP contribution in [0, 0.1) is 5.41 Å². The molecule has 2 heterocycles. The molecule has 1 amide bonds. The summed E-state index contributed by atoms with van der Waals surface area (Å²) < 4.78 is 0. The van der Waals surface area contributed by atoms with Crippen molar-refractivity contribution >= 4 is 29.2 Å². The maximum Gasteiger partial charge on any atom is 0.407 e. The fourth-order valence-corrected chi connectivity index (χ4v) is 4.51. The number of carbonyl (C=O) groups is 2. The number of amides is 1. The van der Waals surface area contributed by atoms with E-state index in [1.807, 2.05) is 12.1 Å². The molecule has 2 fully saturated rings. The lowest BCUT2D eigenvalue weighted by atomic mass is 9.73. The van der Waals surface area contributed by atoms with Crippen LogP contribution in [0.2, 0.25) is 5.02 Å². The largest absolute Gasteiger partial charge is 0.465 e. The highest BCUT2D eigenvalue weighted by Crippen LogP contribution is 2.51. The molecule has 0 radical (unpaired) electrons. The van der Waals surface area contributed by atoms with Crippen LogP contribution in [0.4, 0.5) is 10.5 Å². The van der Waals surface area contributed by atoms with E-state index in [2.05, 4.69) is 25.7 Å². The van der Waals surface area contributed by atoms with Crippen molar-refractivity contribution in [2.45, 2.75) is 45.7 Å². The summed E-state index contributed by atoms with van der Waals surface area (Å²) in [6.07, 6.45) is -0.0356. The van der Waals surface area contributed by atoms with Crippen LogP contribution in [0.25, 0.3) is 0 Å². The van der Waals surface area contributed by atoms with Crippen molar-refractivity contribution < 1.29 is 14.7 Å². The van der Waals surface area contributed by atoms with E-state index in [0.29, 0.717) is 23.7 Å². The zero-order valence-electron chi connectivity index (χ0n) is 14.5. The van der Waals surface area contributed by atoms with Gasteiger partial charge in [0.1, 0.15) is 0 Å². The van der Waals surface area contributed by atoms with Gasteiger partial charge in [-0.05, 0) is 37.0 Å². The Balaban J connectivity index is 1.96. The molecule has 2 aliphatic rings. The molecular weight excluding hydrogens is 328 g/mol. The Morgan fingerprint density at radius 2 is 2.00 bits per heavy atom. The predicted octanol–water partition coefficient (Wildman–Crippen LogP) is 3.90. The highest BCUT2D eigenvalue weighted by atomic mass is 35.5. The molecule has 0 saturated carbocycles. The Kier molecular flexibility index (Phi) is 3.83. The third kappa shape index (κ3) is 2.37. The van der Waals surface area contributed by atoms with Gasteiger partial charge in [0, 0.05) is 30.4 Å². The number of likely N-dealkylation sites (tertiary alicyclic amines) is 1. The molecule has 24 heavy (non-hydrogen) atoms. The first-order valence-electron chi connectivity index (χ1n) is 8.14. The summed E-state index contributed by atoms with van der Waals surface area (Å²) in [4.78, 5) is 27.1. The van der Waals surface area contributed by atoms with Gasteiger partial charge in [0.2, 0.25) is 0 Å². The second-order valence-electron chi connectivity index (χ2n) is 7.88. The SMILES string of the molecule is CC(=O)c1ccc(N2C[C@@]3(C(C)(C)C)C[C@H]2CN3C(=O)O)cc1Cl. The van der Waals surface area contributed by atoms with E-state index in [1.165, 1.54) is 6.92 Å². The third-order valence-corrected chi connectivity index (χ3v) is 5.96. The van der Waals surface area contributed by atoms with E-state index >= 15 is 0 Å². The molecule has 5 nitrogen and oxygen atoms in total. The first-order chi connectivity index (χ1) is 11.1. The molecule has 2 atom stereocenters. The predicted molar refractivity (Wildman–Crippen MR) is 94.1 cm³/mol. The second kappa shape index (κ2) is 5.38. The van der Waals surface area contributed by atoms with Crippen LogP contribution in [-0.4, -0.2) is 46.6 Å². The number of halogens is 1. The first kappa shape index (κ1) is 17.1. The number of ketones is 1. The summed E-state index contributed by atoms with van der Waals surface area (Å²) in [5.74, 6) is -0.0577. The van der Waals surface area contributed by atoms with Crippen LogP contribution in [0.5, 0.6) is 0 Å². The van der Waals surface area contributed by atoms with E-state index < -0.39 is 11.6 Å². The number of hydrogen-bond acceptors (Lipinski definition) is 3. The van der Waals surface area contributed by atoms with Crippen LogP contribution in [0.15, 0.2) is 18.2 Å². The fourth-order valence-electron chi connectivity index (χ4n) is 4.20. The lowest BCUT2D eigenvalue weighted by Crippen LogP contribution is -2.61. The van der Waals surface area contributed by atoms with Gasteiger partial charge >= 0.3 is 6.09 Å². The maximum absolute atomic E-state index is 11.7. The standard InChI is InChI=1S/C18H23ClN2O3/c1-11(22)14-6-5-12(7-15(14)19)20-10-18(17(2,3)4)8-13(20)9-21(18)16(23)24/h5-7,13H,8-10H2,1-4H3,(H,23,24)/t13-,18+/m0/s1. The van der Waals surface area contributed by atoms with E-state index in [0.717, 1.165) is 12.1 Å². The average molecular weight is 351 g/mol. The second-order valence-corrected chi connectivity index (χ2v) is 8.29. The molecule has 1 aromatic carbocycles. The summed E-state index contributed by atoms with van der Waals surface area (Å²) in [5.41, 5.74) is 0.890. The summed E-state index contributed by atoms with van der Waals surface area (Å²) in [6, 6.07) is 5.62. The number of carboxylic acid groups (broad SMARTS) is 1. The van der Waals surface area contributed by atoms with Crippen LogP contribution in [0.3, 0.4) is 0 Å². The molecule has 0 unspecified atom stereocenters. The molecule has 0 aliphatic carbocycles. The summed E-state index contributed by atoms with van der Waals surface area (Å²) in [7, 11) is 0. The van der Waals surface area contributed by atoms with Gasteiger partial charge in [0.25, 0.3) is 0 Å². The zero-order chi connectivity index (χ0) is 17.9. The Labute approximate surface area is 147 Å². The van der Waals surface area contributed by atoms with E-state index in [9.17, 15) is 14.7 Å². The number of anilines is 1. The van der Waals surface area contributed by atoms with Gasteiger partial charge in [-0.1, -0.05) is 32.4 Å². The number of nitrogens with zero attached hydrogens (tertiary/aromatic N) is 2. The molecule has 2 saturated heterocycles. The van der Waals surface area contributed by atoms with Gasteiger partial charge in [0.15, 0.2) is 5.78 Å². The van der Waals surface area contributed by atoms with Crippen LogP contribution in [-0.2, 0) is 0 Å². The van der Waals surface area contributed by atoms with E-state index in [-0.39, 0.29) is 17.2 Å². The van der Waals surface area contributed by atoms with Crippen LogP contribution < -0.4 is 4.90 Å². The third-order valence-electron chi connectivity index (χ3n) is 5.65. The molecule has 3 rings (SSSR count). The van der Waals surface area contributed by atoms with E-state index in [4.69, 9.17) is 11.6 Å². The highest BCUT2D eigenvalue weighted by molar-refractivity contribution is 6.34. The van der Waals surface area contributed by atoms with Gasteiger partial charge in [-0.3, -0.25) is 9.69 Å². The molecule has 0 aromatic heterocycles. The van der Waals surface area contributed by atoms with Crippen molar-refractivity contribution in [1.82, 2.24) is 4.90 Å². The Morgan fingerprint density at radius 3 is 2.50 bits per heavy atom. The van der Waals surface area contributed by atoms with Crippen molar-refractivity contribution in [3.63, 3.8) is 0 Å². The van der Waals surface area contributed by atoms with Gasteiger partial charge in [-0.2, -0.15) is 0 Å². The zero-order valence-corrected chi connectivity index (χ0v) is 15.2. The molecule has 0 spiro atoms. The number of benzene rings is 1. The highest BCUT2D eigenvalue weighted by Gasteiger charge is 2.61. The number of rotatable bonds is 2. The first-order valence-corrected chi connectivity index (χ1v) is 8.52. The Morgan fingerprint density at radius 1 is 1.33 bits per heavy atom. The summed E-state index contributed by atoms with van der Waals surface area (Å²) in [6.45, 7) is 8.93. The normalized spacial score (nSPS) is 26.1. The van der Waals surface area contributed by atoms with Crippen molar-refractivity contribution in [3.8, 4) is 0 Å². The molecule has 1 aromatic rings. The molecule has 2 bridgehead atoms. The average Bonchev–Trinajstić information content (AvgIpc) is 3.03. The van der Waals surface area contributed by atoms with Crippen molar-refractivity contribution in [2.75, 3.05) is 18.0 Å². The van der Waals surface area contributed by atoms with Crippen LogP contribution in [0.1, 0.15) is 44.5 Å². The number of Topliss-reactive ketones (excluding diaryl/α,β-unsaturated/α-hetero) is 1. The van der Waals surface area contributed by atoms with Crippen molar-refractivity contribution in [3.05, 3.63) is 28.8 Å². The quantitative estimate of drug-likeness (QED) is 0.822. The number of piperazine rings is 1. The van der Waals surface area contributed by atoms with Gasteiger partial charge in [0.05, 0.1) is 10.6 Å². The Bertz CT molecular complexity index is 713. The Hall–Kier alpha value is -1.75. The van der Waals surface area contributed by atoms with Crippen LogP contribution >= 0.6 is 11.6 Å². The van der Waals surface area contributed by atoms with Gasteiger partial charge in [-0.25, -0.2) is 4.79 Å². The lowest BCUT2D eigenvalue weighted by Gasteiger charge is -2.48. The lowest BCUT2D eigenvalue weighted by molar-refractivity contribution is 0.0363. The van der Waals surface area contributed by atoms with Gasteiger partial charge in [-0.15, -0.1) is 0 Å². The minimum Gasteiger partial charge on any atom is -0.465 e. The van der Waals surface area contributed by atoms with Crippen molar-refractivity contribution in [2.24, 2.45) is 5.41 Å². The summed E-state index contributed by atoms with van der Waals surface area (Å²) in [5, 5.41) is 10.1. The number of hydrogen-bond donors (Lipinski definition) is 1. The summed E-state index contributed by atoms with van der Waals surface area (Å²) >= 11 is 6.26.